The second-order valence-electron chi connectivity index (χ2n) is 6.78. The molecular weight excluding hydrogens is 262 g/mol. The number of hydrogen-bond acceptors (Lipinski definition) is 2. The molecule has 1 aromatic carbocycles. The van der Waals surface area contributed by atoms with Crippen molar-refractivity contribution in [1.82, 2.24) is 0 Å². The number of nitrogens with zero attached hydrogens (tertiary/aromatic N) is 1. The van der Waals surface area contributed by atoms with Crippen molar-refractivity contribution in [3.05, 3.63) is 29.8 Å². The standard InChI is InChI=1S/C18H23NS/c1-2-7-17-8-11-18(12-9-17,13-10-17)15-3-5-16(6-4-15)19-14-20/h3-6H,2,7-13H2,1H3. The highest BCUT2D eigenvalue weighted by Crippen LogP contribution is 2.59. The van der Waals surface area contributed by atoms with Crippen LogP contribution in [0.3, 0.4) is 0 Å². The van der Waals surface area contributed by atoms with Gasteiger partial charge in [-0.1, -0.05) is 25.5 Å². The van der Waals surface area contributed by atoms with Crippen LogP contribution in [0.5, 0.6) is 0 Å². The molecule has 2 heteroatoms. The molecule has 2 bridgehead atoms. The third-order valence-electron chi connectivity index (χ3n) is 5.84. The average molecular weight is 285 g/mol. The maximum absolute atomic E-state index is 4.66. The predicted octanol–water partition coefficient (Wildman–Crippen LogP) is 5.81. The summed E-state index contributed by atoms with van der Waals surface area (Å²) in [4.78, 5) is 4.05. The summed E-state index contributed by atoms with van der Waals surface area (Å²) >= 11 is 4.66. The quantitative estimate of drug-likeness (QED) is 0.502. The molecule has 0 amide bonds. The molecule has 0 aliphatic heterocycles. The van der Waals surface area contributed by atoms with Gasteiger partial charge in [0.15, 0.2) is 0 Å². The molecule has 0 radical (unpaired) electrons. The van der Waals surface area contributed by atoms with Crippen LogP contribution >= 0.6 is 12.2 Å². The van der Waals surface area contributed by atoms with Crippen LogP contribution in [0, 0.1) is 5.41 Å². The maximum atomic E-state index is 4.66. The highest BCUT2D eigenvalue weighted by atomic mass is 32.1. The molecule has 4 rings (SSSR count). The van der Waals surface area contributed by atoms with E-state index in [2.05, 4.69) is 53.6 Å². The van der Waals surface area contributed by atoms with Crippen molar-refractivity contribution in [2.24, 2.45) is 10.4 Å². The van der Waals surface area contributed by atoms with Crippen LogP contribution in [-0.2, 0) is 5.41 Å². The lowest BCUT2D eigenvalue weighted by Crippen LogP contribution is -2.44. The minimum atomic E-state index is 0.454. The van der Waals surface area contributed by atoms with Crippen molar-refractivity contribution in [2.75, 3.05) is 0 Å². The molecule has 0 aromatic heterocycles. The van der Waals surface area contributed by atoms with Gasteiger partial charge in [0.1, 0.15) is 0 Å². The average Bonchev–Trinajstić information content (AvgIpc) is 2.50. The van der Waals surface area contributed by atoms with Gasteiger partial charge < -0.3 is 0 Å². The van der Waals surface area contributed by atoms with E-state index >= 15 is 0 Å². The van der Waals surface area contributed by atoms with Crippen LogP contribution in [0.2, 0.25) is 0 Å². The number of rotatable bonds is 4. The maximum Gasteiger partial charge on any atom is 0.0739 e. The lowest BCUT2D eigenvalue weighted by Gasteiger charge is -2.54. The normalized spacial score (nSPS) is 31.9. The van der Waals surface area contributed by atoms with E-state index in [1.165, 1.54) is 56.9 Å². The van der Waals surface area contributed by atoms with Gasteiger partial charge in [-0.15, -0.1) is 0 Å². The minimum Gasteiger partial charge on any atom is -0.195 e. The van der Waals surface area contributed by atoms with Crippen LogP contribution in [0.1, 0.15) is 63.9 Å². The molecule has 0 heterocycles. The highest BCUT2D eigenvalue weighted by molar-refractivity contribution is 7.78. The van der Waals surface area contributed by atoms with Crippen molar-refractivity contribution in [3.8, 4) is 0 Å². The molecular formula is C18H23NS. The Morgan fingerprint density at radius 1 is 1.05 bits per heavy atom. The van der Waals surface area contributed by atoms with Gasteiger partial charge in [0.25, 0.3) is 0 Å². The largest absolute Gasteiger partial charge is 0.195 e. The summed E-state index contributed by atoms with van der Waals surface area (Å²) in [6.07, 6.45) is 11.2. The third-order valence-corrected chi connectivity index (χ3v) is 5.93. The molecule has 3 aliphatic rings. The van der Waals surface area contributed by atoms with Gasteiger partial charge in [-0.2, -0.15) is 4.99 Å². The summed E-state index contributed by atoms with van der Waals surface area (Å²) in [6.45, 7) is 2.33. The molecule has 20 heavy (non-hydrogen) atoms. The summed E-state index contributed by atoms with van der Waals surface area (Å²) < 4.78 is 0. The Morgan fingerprint density at radius 2 is 1.65 bits per heavy atom. The van der Waals surface area contributed by atoms with Crippen LogP contribution < -0.4 is 0 Å². The van der Waals surface area contributed by atoms with E-state index in [-0.39, 0.29) is 0 Å². The molecule has 0 saturated heterocycles. The van der Waals surface area contributed by atoms with Gasteiger partial charge in [0.2, 0.25) is 0 Å². The van der Waals surface area contributed by atoms with Gasteiger partial charge in [0, 0.05) is 0 Å². The second kappa shape index (κ2) is 5.42. The summed E-state index contributed by atoms with van der Waals surface area (Å²) in [7, 11) is 0. The van der Waals surface area contributed by atoms with E-state index in [1.54, 1.807) is 0 Å². The van der Waals surface area contributed by atoms with E-state index in [4.69, 9.17) is 0 Å². The Hall–Kier alpha value is -0.980. The van der Waals surface area contributed by atoms with E-state index < -0.39 is 0 Å². The first-order valence-electron chi connectivity index (χ1n) is 7.90. The van der Waals surface area contributed by atoms with Gasteiger partial charge in [-0.3, -0.25) is 0 Å². The first kappa shape index (κ1) is 14.0. The molecule has 1 aromatic rings. The third kappa shape index (κ3) is 2.36. The Labute approximate surface area is 127 Å². The molecule has 106 valence electrons. The van der Waals surface area contributed by atoms with Gasteiger partial charge >= 0.3 is 0 Å². The van der Waals surface area contributed by atoms with Crippen LogP contribution in [0.15, 0.2) is 29.3 Å². The number of isothiocyanates is 1. The second-order valence-corrected chi connectivity index (χ2v) is 6.96. The fourth-order valence-corrected chi connectivity index (χ4v) is 4.65. The van der Waals surface area contributed by atoms with E-state index in [1.807, 2.05) is 0 Å². The molecule has 0 spiro atoms. The van der Waals surface area contributed by atoms with Crippen LogP contribution in [-0.4, -0.2) is 5.16 Å². The van der Waals surface area contributed by atoms with Crippen molar-refractivity contribution < 1.29 is 0 Å². The lowest BCUT2D eigenvalue weighted by molar-refractivity contribution is 0.0320. The molecule has 3 fully saturated rings. The SMILES string of the molecule is CCCC12CCC(c3ccc(N=C=S)cc3)(CC1)CC2. The van der Waals surface area contributed by atoms with Crippen molar-refractivity contribution in [2.45, 2.75) is 63.7 Å². The number of aliphatic imine (C=N–C) groups is 1. The first-order valence-corrected chi connectivity index (χ1v) is 8.31. The zero-order valence-corrected chi connectivity index (χ0v) is 13.1. The Bertz CT molecular complexity index is 500. The Morgan fingerprint density at radius 3 is 2.15 bits per heavy atom. The molecule has 3 aliphatic carbocycles. The summed E-state index contributed by atoms with van der Waals surface area (Å²) in [5, 5.41) is 2.44. The molecule has 1 nitrogen and oxygen atoms in total. The first-order chi connectivity index (χ1) is 9.72. The van der Waals surface area contributed by atoms with Gasteiger partial charge in [-0.05, 0) is 85.7 Å². The number of benzene rings is 1. The Balaban J connectivity index is 1.80. The fraction of sp³-hybridized carbons (Fsp3) is 0.611. The molecule has 0 unspecified atom stereocenters. The van der Waals surface area contributed by atoms with E-state index in [9.17, 15) is 0 Å². The van der Waals surface area contributed by atoms with Crippen molar-refractivity contribution >= 4 is 23.1 Å². The minimum absolute atomic E-state index is 0.454. The van der Waals surface area contributed by atoms with Gasteiger partial charge in [-0.25, -0.2) is 0 Å². The predicted molar refractivity (Wildman–Crippen MR) is 87.8 cm³/mol. The summed E-state index contributed by atoms with van der Waals surface area (Å²) in [5.41, 5.74) is 3.59. The fourth-order valence-electron chi connectivity index (χ4n) is 4.54. The van der Waals surface area contributed by atoms with E-state index in [0.717, 1.165) is 5.69 Å². The topological polar surface area (TPSA) is 12.4 Å². The van der Waals surface area contributed by atoms with Crippen molar-refractivity contribution in [1.29, 1.82) is 0 Å². The number of hydrogen-bond donors (Lipinski definition) is 0. The molecule has 0 N–H and O–H groups in total. The summed E-state index contributed by atoms with van der Waals surface area (Å²) in [5.74, 6) is 0. The zero-order chi connectivity index (χ0) is 14.1. The van der Waals surface area contributed by atoms with Crippen molar-refractivity contribution in [3.63, 3.8) is 0 Å². The summed E-state index contributed by atoms with van der Waals surface area (Å²) in [6, 6.07) is 8.71. The lowest BCUT2D eigenvalue weighted by atomic mass is 9.51. The Kier molecular flexibility index (Phi) is 3.79. The smallest absolute Gasteiger partial charge is 0.0739 e. The van der Waals surface area contributed by atoms with Crippen LogP contribution in [0.4, 0.5) is 5.69 Å². The highest BCUT2D eigenvalue weighted by Gasteiger charge is 2.48. The number of thiocarbonyl (C=S) groups is 1. The zero-order valence-electron chi connectivity index (χ0n) is 12.3. The molecule has 3 saturated carbocycles. The number of fused-ring (bicyclic) bond motifs is 3. The van der Waals surface area contributed by atoms with E-state index in [0.29, 0.717) is 10.8 Å². The van der Waals surface area contributed by atoms with Crippen LogP contribution in [0.25, 0.3) is 0 Å². The van der Waals surface area contributed by atoms with Gasteiger partial charge in [0.05, 0.1) is 10.8 Å². The molecule has 0 atom stereocenters. The monoisotopic (exact) mass is 285 g/mol.